The minimum Gasteiger partial charge on any atom is -0.496 e. The summed E-state index contributed by atoms with van der Waals surface area (Å²) in [4.78, 5) is 0. The molecule has 0 aliphatic rings. The first-order valence-corrected chi connectivity index (χ1v) is 7.10. The molecule has 1 aromatic heterocycles. The van der Waals surface area contributed by atoms with Crippen molar-refractivity contribution in [1.82, 2.24) is 0 Å². The molecule has 19 heavy (non-hydrogen) atoms. The Morgan fingerprint density at radius 1 is 1.16 bits per heavy atom. The number of methoxy groups -OCH3 is 2. The van der Waals surface area contributed by atoms with E-state index < -0.39 is 6.10 Å². The molecule has 1 heterocycles. The molecule has 1 atom stereocenters. The maximum Gasteiger partial charge on any atom is 0.128 e. The molecule has 1 N–H and O–H groups in total. The molecule has 2 rings (SSSR count). The number of ether oxygens (including phenoxy) is 2. The van der Waals surface area contributed by atoms with Gasteiger partial charge in [-0.25, -0.2) is 0 Å². The molecule has 0 fully saturated rings. The van der Waals surface area contributed by atoms with Crippen molar-refractivity contribution >= 4 is 11.3 Å². The van der Waals surface area contributed by atoms with Crippen LogP contribution >= 0.6 is 11.3 Å². The van der Waals surface area contributed by atoms with Crippen molar-refractivity contribution in [1.29, 1.82) is 0 Å². The summed E-state index contributed by atoms with van der Waals surface area (Å²) in [5, 5.41) is 14.5. The molecule has 1 aromatic carbocycles. The van der Waals surface area contributed by atoms with Crippen molar-refractivity contribution in [2.75, 3.05) is 14.2 Å². The molecular weight excluding hydrogens is 260 g/mol. The largest absolute Gasteiger partial charge is 0.496 e. The maximum absolute atomic E-state index is 10.4. The van der Waals surface area contributed by atoms with E-state index in [0.717, 1.165) is 12.0 Å². The van der Waals surface area contributed by atoms with E-state index in [0.29, 0.717) is 17.9 Å². The second-order valence-electron chi connectivity index (χ2n) is 4.26. The van der Waals surface area contributed by atoms with Gasteiger partial charge in [0.2, 0.25) is 0 Å². The van der Waals surface area contributed by atoms with E-state index in [1.54, 1.807) is 25.6 Å². The topological polar surface area (TPSA) is 38.7 Å². The summed E-state index contributed by atoms with van der Waals surface area (Å²) in [6, 6.07) is 7.61. The molecule has 0 saturated heterocycles. The first-order valence-electron chi connectivity index (χ1n) is 6.16. The second-order valence-corrected chi connectivity index (χ2v) is 5.04. The third-order valence-corrected chi connectivity index (χ3v) is 3.82. The van der Waals surface area contributed by atoms with Gasteiger partial charge in [0.15, 0.2) is 0 Å². The number of rotatable bonds is 6. The zero-order valence-electron chi connectivity index (χ0n) is 11.1. The Labute approximate surface area is 117 Å². The molecule has 102 valence electrons. The highest BCUT2D eigenvalue weighted by Crippen LogP contribution is 2.35. The fraction of sp³-hybridized carbons (Fsp3) is 0.333. The summed E-state index contributed by atoms with van der Waals surface area (Å²) in [5.41, 5.74) is 1.97. The molecule has 0 aliphatic carbocycles. The van der Waals surface area contributed by atoms with Crippen molar-refractivity contribution in [3.63, 3.8) is 0 Å². The van der Waals surface area contributed by atoms with Gasteiger partial charge >= 0.3 is 0 Å². The van der Waals surface area contributed by atoms with Crippen LogP contribution in [0.3, 0.4) is 0 Å². The van der Waals surface area contributed by atoms with Crippen LogP contribution in [0.2, 0.25) is 0 Å². The van der Waals surface area contributed by atoms with Gasteiger partial charge in [0, 0.05) is 0 Å². The first-order chi connectivity index (χ1) is 9.26. The van der Waals surface area contributed by atoms with Gasteiger partial charge < -0.3 is 14.6 Å². The van der Waals surface area contributed by atoms with Crippen LogP contribution in [0.15, 0.2) is 35.0 Å². The average molecular weight is 278 g/mol. The van der Waals surface area contributed by atoms with Crippen LogP contribution in [0.1, 0.15) is 23.7 Å². The van der Waals surface area contributed by atoms with E-state index in [4.69, 9.17) is 9.47 Å². The van der Waals surface area contributed by atoms with Gasteiger partial charge in [-0.2, -0.15) is 11.3 Å². The van der Waals surface area contributed by atoms with E-state index >= 15 is 0 Å². The number of aryl methyl sites for hydroxylation is 1. The van der Waals surface area contributed by atoms with E-state index in [1.165, 1.54) is 5.56 Å². The third-order valence-electron chi connectivity index (χ3n) is 3.09. The Bertz CT molecular complexity index is 486. The minimum absolute atomic E-state index is 0.592. The highest BCUT2D eigenvalue weighted by atomic mass is 32.1. The molecule has 4 heteroatoms. The van der Waals surface area contributed by atoms with Crippen molar-refractivity contribution in [2.45, 2.75) is 18.9 Å². The lowest BCUT2D eigenvalue weighted by Gasteiger charge is -2.17. The van der Waals surface area contributed by atoms with Gasteiger partial charge in [0.05, 0.1) is 25.9 Å². The molecule has 2 aromatic rings. The SMILES string of the molecule is COc1cccc(OC)c1C(O)CCc1ccsc1. The van der Waals surface area contributed by atoms with Crippen LogP contribution in [0, 0.1) is 0 Å². The van der Waals surface area contributed by atoms with Gasteiger partial charge in [-0.05, 0) is 47.4 Å². The minimum atomic E-state index is -0.592. The van der Waals surface area contributed by atoms with Gasteiger partial charge in [-0.3, -0.25) is 0 Å². The van der Waals surface area contributed by atoms with Gasteiger partial charge in [0.1, 0.15) is 11.5 Å². The van der Waals surface area contributed by atoms with Gasteiger partial charge in [-0.15, -0.1) is 0 Å². The predicted molar refractivity (Wildman–Crippen MR) is 77.1 cm³/mol. The lowest BCUT2D eigenvalue weighted by Crippen LogP contribution is -2.04. The number of benzene rings is 1. The summed E-state index contributed by atoms with van der Waals surface area (Å²) >= 11 is 1.67. The fourth-order valence-corrected chi connectivity index (χ4v) is 2.79. The second kappa shape index (κ2) is 6.59. The van der Waals surface area contributed by atoms with Crippen LogP contribution in [-0.2, 0) is 6.42 Å². The summed E-state index contributed by atoms with van der Waals surface area (Å²) < 4.78 is 10.6. The average Bonchev–Trinajstić information content (AvgIpc) is 2.97. The normalized spacial score (nSPS) is 12.2. The maximum atomic E-state index is 10.4. The van der Waals surface area contributed by atoms with E-state index in [9.17, 15) is 5.11 Å². The molecule has 0 aliphatic heterocycles. The van der Waals surface area contributed by atoms with Crippen LogP contribution in [-0.4, -0.2) is 19.3 Å². The Morgan fingerprint density at radius 3 is 2.37 bits per heavy atom. The molecular formula is C15H18O3S. The molecule has 0 bridgehead atoms. The van der Waals surface area contributed by atoms with Crippen molar-refractivity contribution in [3.8, 4) is 11.5 Å². The zero-order chi connectivity index (χ0) is 13.7. The third kappa shape index (κ3) is 3.28. The molecule has 0 saturated carbocycles. The Kier molecular flexibility index (Phi) is 4.82. The number of hydrogen-bond donors (Lipinski definition) is 1. The van der Waals surface area contributed by atoms with Crippen molar-refractivity contribution in [3.05, 3.63) is 46.2 Å². The number of aliphatic hydroxyl groups excluding tert-OH is 1. The highest BCUT2D eigenvalue weighted by molar-refractivity contribution is 7.07. The fourth-order valence-electron chi connectivity index (χ4n) is 2.09. The summed E-state index contributed by atoms with van der Waals surface area (Å²) in [5.74, 6) is 1.33. The smallest absolute Gasteiger partial charge is 0.128 e. The summed E-state index contributed by atoms with van der Waals surface area (Å²) in [6.45, 7) is 0. The highest BCUT2D eigenvalue weighted by Gasteiger charge is 2.18. The van der Waals surface area contributed by atoms with E-state index in [1.807, 2.05) is 23.6 Å². The quantitative estimate of drug-likeness (QED) is 0.879. The van der Waals surface area contributed by atoms with E-state index in [2.05, 4.69) is 11.4 Å². The van der Waals surface area contributed by atoms with Gasteiger partial charge in [-0.1, -0.05) is 6.07 Å². The van der Waals surface area contributed by atoms with Crippen LogP contribution < -0.4 is 9.47 Å². The van der Waals surface area contributed by atoms with E-state index in [-0.39, 0.29) is 0 Å². The number of thiophene rings is 1. The lowest BCUT2D eigenvalue weighted by molar-refractivity contribution is 0.159. The summed E-state index contributed by atoms with van der Waals surface area (Å²) in [7, 11) is 3.20. The molecule has 3 nitrogen and oxygen atoms in total. The van der Waals surface area contributed by atoms with Crippen LogP contribution in [0.5, 0.6) is 11.5 Å². The monoisotopic (exact) mass is 278 g/mol. The molecule has 1 unspecified atom stereocenters. The Balaban J connectivity index is 2.15. The first kappa shape index (κ1) is 13.9. The van der Waals surface area contributed by atoms with Crippen molar-refractivity contribution in [2.24, 2.45) is 0 Å². The number of aliphatic hydroxyl groups is 1. The molecule has 0 radical (unpaired) electrons. The van der Waals surface area contributed by atoms with Gasteiger partial charge in [0.25, 0.3) is 0 Å². The Morgan fingerprint density at radius 2 is 1.84 bits per heavy atom. The van der Waals surface area contributed by atoms with Crippen molar-refractivity contribution < 1.29 is 14.6 Å². The van der Waals surface area contributed by atoms with Crippen LogP contribution in [0.4, 0.5) is 0 Å². The Hall–Kier alpha value is -1.52. The standard InChI is InChI=1S/C15H18O3S/c1-17-13-4-3-5-14(18-2)15(13)12(16)7-6-11-8-9-19-10-11/h3-5,8-10,12,16H,6-7H2,1-2H3. The predicted octanol–water partition coefficient (Wildman–Crippen LogP) is 3.43. The summed E-state index contributed by atoms with van der Waals surface area (Å²) in [6.07, 6.45) is 0.894. The lowest BCUT2D eigenvalue weighted by atomic mass is 10.0. The zero-order valence-corrected chi connectivity index (χ0v) is 11.9. The number of hydrogen-bond acceptors (Lipinski definition) is 4. The molecule has 0 spiro atoms. The van der Waals surface area contributed by atoms with Crippen LogP contribution in [0.25, 0.3) is 0 Å². The molecule has 0 amide bonds.